The maximum absolute atomic E-state index is 6.03. The summed E-state index contributed by atoms with van der Waals surface area (Å²) in [7, 11) is 0. The van der Waals surface area contributed by atoms with E-state index in [4.69, 9.17) is 5.73 Å². The lowest BCUT2D eigenvalue weighted by molar-refractivity contribution is 0.831. The Bertz CT molecular complexity index is 619. The molecule has 0 spiro atoms. The van der Waals surface area contributed by atoms with Crippen molar-refractivity contribution in [2.75, 3.05) is 17.2 Å². The van der Waals surface area contributed by atoms with Crippen molar-refractivity contribution in [3.8, 4) is 0 Å². The summed E-state index contributed by atoms with van der Waals surface area (Å²) in [5.74, 6) is 0. The molecule has 1 aliphatic heterocycles. The smallest absolute Gasteiger partial charge is 0.0445 e. The van der Waals surface area contributed by atoms with Gasteiger partial charge >= 0.3 is 0 Å². The SMILES string of the molecule is Cc1cncc(CN2CCc3cc(C)c(N)cc32)c1. The van der Waals surface area contributed by atoms with Crippen LogP contribution in [0.4, 0.5) is 11.4 Å². The first-order valence-electron chi connectivity index (χ1n) is 6.68. The Morgan fingerprint density at radius 3 is 2.84 bits per heavy atom. The Hall–Kier alpha value is -2.03. The normalized spacial score (nSPS) is 13.7. The molecule has 3 rings (SSSR count). The lowest BCUT2D eigenvalue weighted by Crippen LogP contribution is -2.19. The zero-order chi connectivity index (χ0) is 13.4. The van der Waals surface area contributed by atoms with Crippen LogP contribution in [-0.2, 0) is 13.0 Å². The minimum atomic E-state index is 0.882. The summed E-state index contributed by atoms with van der Waals surface area (Å²) in [6.07, 6.45) is 4.95. The van der Waals surface area contributed by atoms with E-state index in [1.807, 2.05) is 12.4 Å². The van der Waals surface area contributed by atoms with Crippen LogP contribution < -0.4 is 10.6 Å². The van der Waals surface area contributed by atoms with Gasteiger partial charge in [-0.15, -0.1) is 0 Å². The van der Waals surface area contributed by atoms with E-state index >= 15 is 0 Å². The van der Waals surface area contributed by atoms with E-state index in [2.05, 4.69) is 41.9 Å². The molecule has 19 heavy (non-hydrogen) atoms. The van der Waals surface area contributed by atoms with Crippen molar-refractivity contribution in [3.63, 3.8) is 0 Å². The quantitative estimate of drug-likeness (QED) is 0.837. The fourth-order valence-corrected chi connectivity index (χ4v) is 2.73. The summed E-state index contributed by atoms with van der Waals surface area (Å²) in [4.78, 5) is 6.65. The van der Waals surface area contributed by atoms with Crippen LogP contribution in [0.2, 0.25) is 0 Å². The summed E-state index contributed by atoms with van der Waals surface area (Å²) >= 11 is 0. The van der Waals surface area contributed by atoms with Crippen molar-refractivity contribution >= 4 is 11.4 Å². The third-order valence-electron chi connectivity index (χ3n) is 3.76. The fourth-order valence-electron chi connectivity index (χ4n) is 2.73. The van der Waals surface area contributed by atoms with Crippen molar-refractivity contribution in [2.24, 2.45) is 0 Å². The molecule has 0 saturated heterocycles. The summed E-state index contributed by atoms with van der Waals surface area (Å²) in [6.45, 7) is 6.12. The molecule has 2 heterocycles. The predicted molar refractivity (Wildman–Crippen MR) is 79.3 cm³/mol. The van der Waals surface area contributed by atoms with Crippen LogP contribution in [0.5, 0.6) is 0 Å². The highest BCUT2D eigenvalue weighted by Gasteiger charge is 2.20. The molecule has 3 heteroatoms. The molecule has 2 N–H and O–H groups in total. The van der Waals surface area contributed by atoms with E-state index in [0.717, 1.165) is 25.2 Å². The Morgan fingerprint density at radius 1 is 1.21 bits per heavy atom. The van der Waals surface area contributed by atoms with Gasteiger partial charge in [-0.25, -0.2) is 0 Å². The Labute approximate surface area is 114 Å². The van der Waals surface area contributed by atoms with Gasteiger partial charge in [-0.1, -0.05) is 12.1 Å². The van der Waals surface area contributed by atoms with Gasteiger partial charge in [0.15, 0.2) is 0 Å². The number of rotatable bonds is 2. The number of aromatic nitrogens is 1. The van der Waals surface area contributed by atoms with Gasteiger partial charge in [0.05, 0.1) is 0 Å². The third-order valence-corrected chi connectivity index (χ3v) is 3.76. The first-order chi connectivity index (χ1) is 9.13. The van der Waals surface area contributed by atoms with Crippen molar-refractivity contribution in [1.29, 1.82) is 0 Å². The van der Waals surface area contributed by atoms with Crippen molar-refractivity contribution < 1.29 is 0 Å². The van der Waals surface area contributed by atoms with Crippen LogP contribution in [0.25, 0.3) is 0 Å². The van der Waals surface area contributed by atoms with Crippen LogP contribution in [0.15, 0.2) is 30.6 Å². The maximum Gasteiger partial charge on any atom is 0.0445 e. The largest absolute Gasteiger partial charge is 0.398 e. The minimum absolute atomic E-state index is 0.882. The topological polar surface area (TPSA) is 42.2 Å². The molecule has 0 amide bonds. The van der Waals surface area contributed by atoms with Crippen LogP contribution in [-0.4, -0.2) is 11.5 Å². The summed E-state index contributed by atoms with van der Waals surface area (Å²) in [5.41, 5.74) is 13.3. The number of benzene rings is 1. The zero-order valence-corrected chi connectivity index (χ0v) is 11.5. The van der Waals surface area contributed by atoms with E-state index in [1.54, 1.807) is 0 Å². The third kappa shape index (κ3) is 2.28. The monoisotopic (exact) mass is 253 g/mol. The van der Waals surface area contributed by atoms with Crippen LogP contribution in [0.1, 0.15) is 22.3 Å². The molecule has 3 nitrogen and oxygen atoms in total. The number of nitrogens with two attached hydrogens (primary N) is 1. The molecule has 1 aromatic carbocycles. The molecule has 1 aliphatic rings. The van der Waals surface area contributed by atoms with E-state index in [9.17, 15) is 0 Å². The molecule has 1 aromatic heterocycles. The Kier molecular flexibility index (Phi) is 2.90. The van der Waals surface area contributed by atoms with Gasteiger partial charge in [-0.3, -0.25) is 4.98 Å². The van der Waals surface area contributed by atoms with Crippen LogP contribution in [0, 0.1) is 13.8 Å². The standard InChI is InChI=1S/C16H19N3/c1-11-5-13(9-18-8-11)10-19-4-3-14-6-12(2)15(17)7-16(14)19/h5-9H,3-4,10,17H2,1-2H3. The van der Waals surface area contributed by atoms with Crippen molar-refractivity contribution in [3.05, 3.63) is 52.8 Å². The minimum Gasteiger partial charge on any atom is -0.398 e. The second-order valence-corrected chi connectivity index (χ2v) is 5.38. The van der Waals surface area contributed by atoms with Crippen LogP contribution >= 0.6 is 0 Å². The Balaban J connectivity index is 1.88. The molecule has 0 aliphatic carbocycles. The average Bonchev–Trinajstić information content (AvgIpc) is 2.73. The summed E-state index contributed by atoms with van der Waals surface area (Å²) in [5, 5.41) is 0. The number of anilines is 2. The molecule has 0 radical (unpaired) electrons. The highest BCUT2D eigenvalue weighted by Crippen LogP contribution is 2.32. The van der Waals surface area contributed by atoms with Crippen molar-refractivity contribution in [2.45, 2.75) is 26.8 Å². The van der Waals surface area contributed by atoms with E-state index in [-0.39, 0.29) is 0 Å². The second-order valence-electron chi connectivity index (χ2n) is 5.38. The molecule has 0 saturated carbocycles. The van der Waals surface area contributed by atoms with Gasteiger partial charge in [-0.05, 0) is 48.6 Å². The number of nitrogens with zero attached hydrogens (tertiary/aromatic N) is 2. The summed E-state index contributed by atoms with van der Waals surface area (Å²) in [6, 6.07) is 6.53. The molecule has 0 atom stereocenters. The molecule has 0 bridgehead atoms. The number of aryl methyl sites for hydroxylation is 2. The first kappa shape index (κ1) is 12.0. The fraction of sp³-hybridized carbons (Fsp3) is 0.312. The molecular weight excluding hydrogens is 234 g/mol. The zero-order valence-electron chi connectivity index (χ0n) is 11.5. The van der Waals surface area contributed by atoms with E-state index < -0.39 is 0 Å². The van der Waals surface area contributed by atoms with Crippen molar-refractivity contribution in [1.82, 2.24) is 4.98 Å². The average molecular weight is 253 g/mol. The lowest BCUT2D eigenvalue weighted by atomic mass is 10.1. The number of fused-ring (bicyclic) bond motifs is 1. The molecule has 0 fully saturated rings. The molecular formula is C16H19N3. The predicted octanol–water partition coefficient (Wildman–Crippen LogP) is 2.84. The van der Waals surface area contributed by atoms with Gasteiger partial charge in [0.2, 0.25) is 0 Å². The van der Waals surface area contributed by atoms with E-state index in [0.29, 0.717) is 0 Å². The second kappa shape index (κ2) is 4.57. The van der Waals surface area contributed by atoms with Gasteiger partial charge in [0.25, 0.3) is 0 Å². The number of hydrogen-bond acceptors (Lipinski definition) is 3. The van der Waals surface area contributed by atoms with Gasteiger partial charge < -0.3 is 10.6 Å². The lowest BCUT2D eigenvalue weighted by Gasteiger charge is -2.20. The number of pyridine rings is 1. The highest BCUT2D eigenvalue weighted by molar-refractivity contribution is 5.67. The highest BCUT2D eigenvalue weighted by atomic mass is 15.1. The van der Waals surface area contributed by atoms with Gasteiger partial charge in [-0.2, -0.15) is 0 Å². The Morgan fingerprint density at radius 2 is 2.05 bits per heavy atom. The van der Waals surface area contributed by atoms with Gasteiger partial charge in [0, 0.05) is 36.9 Å². The summed E-state index contributed by atoms with van der Waals surface area (Å²) < 4.78 is 0. The maximum atomic E-state index is 6.03. The van der Waals surface area contributed by atoms with Crippen LogP contribution in [0.3, 0.4) is 0 Å². The van der Waals surface area contributed by atoms with Gasteiger partial charge in [0.1, 0.15) is 0 Å². The number of nitrogen functional groups attached to an aromatic ring is 1. The number of hydrogen-bond donors (Lipinski definition) is 1. The molecule has 98 valence electrons. The molecule has 2 aromatic rings. The van der Waals surface area contributed by atoms with E-state index in [1.165, 1.54) is 27.9 Å². The molecule has 0 unspecified atom stereocenters. The first-order valence-corrected chi connectivity index (χ1v) is 6.68.